The van der Waals surface area contributed by atoms with Crippen LogP contribution >= 0.6 is 0 Å². The lowest BCUT2D eigenvalue weighted by atomic mass is 9.93. The molecule has 0 radical (unpaired) electrons. The summed E-state index contributed by atoms with van der Waals surface area (Å²) in [5, 5.41) is 11.6. The second kappa shape index (κ2) is 5.28. The normalized spacial score (nSPS) is 23.4. The van der Waals surface area contributed by atoms with Crippen LogP contribution in [-0.4, -0.2) is 40.9 Å². The molecule has 0 aliphatic carbocycles. The van der Waals surface area contributed by atoms with E-state index in [1.807, 2.05) is 0 Å². The molecule has 2 heterocycles. The molecule has 0 saturated carbocycles. The Morgan fingerprint density at radius 3 is 2.80 bits per heavy atom. The van der Waals surface area contributed by atoms with Crippen molar-refractivity contribution in [3.05, 3.63) is 23.9 Å². The van der Waals surface area contributed by atoms with Crippen molar-refractivity contribution in [3.63, 3.8) is 0 Å². The highest BCUT2D eigenvalue weighted by Crippen LogP contribution is 2.39. The summed E-state index contributed by atoms with van der Waals surface area (Å²) < 4.78 is 44.8. The number of carboxylic acids is 1. The number of carboxylic acid groups (broad SMARTS) is 1. The smallest absolute Gasteiger partial charge is 0.429 e. The number of nitrogens with zero attached hydrogens (tertiary/aromatic N) is 1. The number of rotatable bonds is 3. The Morgan fingerprint density at radius 2 is 2.25 bits per heavy atom. The van der Waals surface area contributed by atoms with Crippen LogP contribution in [0.25, 0.3) is 0 Å². The molecule has 1 saturated heterocycles. The Bertz CT molecular complexity index is 499. The molecule has 1 unspecified atom stereocenters. The predicted molar refractivity (Wildman–Crippen MR) is 62.7 cm³/mol. The molecule has 8 heteroatoms. The van der Waals surface area contributed by atoms with Crippen LogP contribution in [0.5, 0.6) is 5.88 Å². The maximum Gasteiger partial charge on any atom is 0.429 e. The molecule has 2 rings (SSSR count). The van der Waals surface area contributed by atoms with Crippen molar-refractivity contribution < 1.29 is 27.8 Å². The van der Waals surface area contributed by atoms with Gasteiger partial charge in [-0.15, -0.1) is 0 Å². The fourth-order valence-corrected chi connectivity index (χ4v) is 2.08. The van der Waals surface area contributed by atoms with Crippen LogP contribution in [-0.2, 0) is 0 Å². The third kappa shape index (κ3) is 2.69. The number of ether oxygens (including phenoxy) is 1. The minimum absolute atomic E-state index is 0.237. The van der Waals surface area contributed by atoms with Gasteiger partial charge in [0, 0.05) is 12.7 Å². The molecule has 1 aromatic heterocycles. The van der Waals surface area contributed by atoms with E-state index in [1.54, 1.807) is 0 Å². The molecule has 2 N–H and O–H groups in total. The van der Waals surface area contributed by atoms with Crippen LogP contribution in [0.4, 0.5) is 13.2 Å². The average molecular weight is 290 g/mol. The minimum Gasteiger partial charge on any atom is -0.477 e. The fourth-order valence-electron chi connectivity index (χ4n) is 2.08. The second-order valence-electron chi connectivity index (χ2n) is 4.54. The fraction of sp³-hybridized carbons (Fsp3) is 0.500. The molecule has 1 fully saturated rings. The molecule has 1 aromatic rings. The molecule has 0 bridgehead atoms. The van der Waals surface area contributed by atoms with Crippen LogP contribution in [0, 0.1) is 0 Å². The van der Waals surface area contributed by atoms with E-state index >= 15 is 0 Å². The Kier molecular flexibility index (Phi) is 3.85. The highest BCUT2D eigenvalue weighted by molar-refractivity contribution is 5.90. The molecule has 1 aliphatic heterocycles. The van der Waals surface area contributed by atoms with Crippen LogP contribution < -0.4 is 10.1 Å². The van der Waals surface area contributed by atoms with Crippen LogP contribution in [0.1, 0.15) is 23.2 Å². The van der Waals surface area contributed by atoms with E-state index in [2.05, 4.69) is 10.3 Å². The number of carbonyl (C=O) groups is 1. The Morgan fingerprint density at radius 1 is 1.50 bits per heavy atom. The van der Waals surface area contributed by atoms with Crippen molar-refractivity contribution in [1.29, 1.82) is 0 Å². The Balaban J connectivity index is 2.36. The molecular weight excluding hydrogens is 277 g/mol. The number of aromatic nitrogens is 1. The lowest BCUT2D eigenvalue weighted by molar-refractivity contribution is -0.253. The molecule has 0 spiro atoms. The van der Waals surface area contributed by atoms with Crippen molar-refractivity contribution in [2.24, 2.45) is 0 Å². The molecular formula is C12H13F3N2O3. The lowest BCUT2D eigenvalue weighted by Crippen LogP contribution is -2.59. The third-order valence-electron chi connectivity index (χ3n) is 3.15. The monoisotopic (exact) mass is 290 g/mol. The molecule has 20 heavy (non-hydrogen) atoms. The van der Waals surface area contributed by atoms with E-state index in [4.69, 9.17) is 9.84 Å². The topological polar surface area (TPSA) is 71.5 Å². The standard InChI is InChI=1S/C12H13F3N2O3/c13-12(14,15)11(4-2-5-16-7-11)20-9-8(10(18)19)3-1-6-17-9/h1,3,6,16H,2,4-5,7H2,(H,18,19). The number of hydrogen-bond acceptors (Lipinski definition) is 4. The zero-order chi connectivity index (χ0) is 14.8. The van der Waals surface area contributed by atoms with E-state index in [1.165, 1.54) is 12.3 Å². The first-order valence-electron chi connectivity index (χ1n) is 6.00. The summed E-state index contributed by atoms with van der Waals surface area (Å²) >= 11 is 0. The van der Waals surface area contributed by atoms with Crippen molar-refractivity contribution >= 4 is 5.97 Å². The number of aromatic carboxylic acids is 1. The highest BCUT2D eigenvalue weighted by atomic mass is 19.4. The molecule has 1 aliphatic rings. The molecule has 1 atom stereocenters. The van der Waals surface area contributed by atoms with Gasteiger partial charge in [-0.1, -0.05) is 0 Å². The summed E-state index contributed by atoms with van der Waals surface area (Å²) in [5.74, 6) is -1.89. The molecule has 0 amide bonds. The highest BCUT2D eigenvalue weighted by Gasteiger charge is 2.58. The zero-order valence-electron chi connectivity index (χ0n) is 10.4. The van der Waals surface area contributed by atoms with Crippen molar-refractivity contribution in [1.82, 2.24) is 10.3 Å². The average Bonchev–Trinajstić information content (AvgIpc) is 2.39. The van der Waals surface area contributed by atoms with Crippen molar-refractivity contribution in [2.45, 2.75) is 24.6 Å². The van der Waals surface area contributed by atoms with Crippen molar-refractivity contribution in [3.8, 4) is 5.88 Å². The Labute approximate surface area is 112 Å². The summed E-state index contributed by atoms with van der Waals surface area (Å²) in [6.07, 6.45) is -3.37. The number of hydrogen-bond donors (Lipinski definition) is 2. The largest absolute Gasteiger partial charge is 0.477 e. The first-order valence-corrected chi connectivity index (χ1v) is 6.00. The van der Waals surface area contributed by atoms with Gasteiger partial charge in [-0.2, -0.15) is 13.2 Å². The number of pyridine rings is 1. The summed E-state index contributed by atoms with van der Waals surface area (Å²) in [6, 6.07) is 2.49. The first-order chi connectivity index (χ1) is 9.36. The molecule has 0 aromatic carbocycles. The van der Waals surface area contributed by atoms with E-state index in [9.17, 15) is 18.0 Å². The van der Waals surface area contributed by atoms with Gasteiger partial charge in [0.25, 0.3) is 0 Å². The van der Waals surface area contributed by atoms with Gasteiger partial charge >= 0.3 is 12.1 Å². The Hall–Kier alpha value is -1.83. The summed E-state index contributed by atoms with van der Waals surface area (Å²) in [7, 11) is 0. The first kappa shape index (κ1) is 14.6. The van der Waals surface area contributed by atoms with Crippen molar-refractivity contribution in [2.75, 3.05) is 13.1 Å². The summed E-state index contributed by atoms with van der Waals surface area (Å²) in [4.78, 5) is 14.6. The minimum atomic E-state index is -4.62. The zero-order valence-corrected chi connectivity index (χ0v) is 10.4. The van der Waals surface area contributed by atoms with Crippen LogP contribution in [0.3, 0.4) is 0 Å². The SMILES string of the molecule is O=C(O)c1cccnc1OC1(C(F)(F)F)CCCNC1. The number of alkyl halides is 3. The van der Waals surface area contributed by atoms with Gasteiger partial charge in [0.05, 0.1) is 0 Å². The number of halogens is 3. The maximum absolute atomic E-state index is 13.3. The predicted octanol–water partition coefficient (Wildman–Crippen LogP) is 1.84. The van der Waals surface area contributed by atoms with Gasteiger partial charge in [-0.3, -0.25) is 0 Å². The summed E-state index contributed by atoms with van der Waals surface area (Å²) in [6.45, 7) is 0.0430. The second-order valence-corrected chi connectivity index (χ2v) is 4.54. The van der Waals surface area contributed by atoms with Gasteiger partial charge in [-0.05, 0) is 31.5 Å². The number of piperidine rings is 1. The summed E-state index contributed by atoms with van der Waals surface area (Å²) in [5.41, 5.74) is -2.83. The van der Waals surface area contributed by atoms with Gasteiger partial charge < -0.3 is 15.2 Å². The third-order valence-corrected chi connectivity index (χ3v) is 3.15. The lowest BCUT2D eigenvalue weighted by Gasteiger charge is -2.38. The van der Waals surface area contributed by atoms with Crippen LogP contribution in [0.15, 0.2) is 18.3 Å². The quantitative estimate of drug-likeness (QED) is 0.889. The number of nitrogens with one attached hydrogen (secondary N) is 1. The van der Waals surface area contributed by atoms with E-state index in [0.29, 0.717) is 6.54 Å². The van der Waals surface area contributed by atoms with Gasteiger partial charge in [0.15, 0.2) is 0 Å². The molecule has 110 valence electrons. The van der Waals surface area contributed by atoms with Gasteiger partial charge in [0.2, 0.25) is 11.5 Å². The molecule has 5 nitrogen and oxygen atoms in total. The van der Waals surface area contributed by atoms with Crippen LogP contribution in [0.2, 0.25) is 0 Å². The van der Waals surface area contributed by atoms with Gasteiger partial charge in [0.1, 0.15) is 5.56 Å². The van der Waals surface area contributed by atoms with E-state index in [-0.39, 0.29) is 18.4 Å². The maximum atomic E-state index is 13.3. The van der Waals surface area contributed by atoms with E-state index in [0.717, 1.165) is 6.07 Å². The van der Waals surface area contributed by atoms with Gasteiger partial charge in [-0.25, -0.2) is 9.78 Å². The van der Waals surface area contributed by atoms with E-state index < -0.39 is 30.2 Å².